The fourth-order valence-electron chi connectivity index (χ4n) is 5.19. The minimum Gasteiger partial charge on any atom is -0.464 e. The first-order chi connectivity index (χ1) is 20.0. The van der Waals surface area contributed by atoms with Gasteiger partial charge in [-0.2, -0.15) is 0 Å². The summed E-state index contributed by atoms with van der Waals surface area (Å²) in [7, 11) is 0. The molecule has 0 aliphatic rings. The average molecular weight is 617 g/mol. The van der Waals surface area contributed by atoms with Gasteiger partial charge >= 0.3 is 5.97 Å². The molecule has 0 heterocycles. The SMILES string of the molecule is CCCCCCCCCCCCCCCCCCCCCC(=O)N[C@@H](CCCN=C(N)N)C(=O)OCCCCCC.Cl. The first-order valence-electron chi connectivity index (χ1n) is 17.5. The number of guanidine groups is 1. The molecule has 0 aliphatic carbocycles. The molecule has 0 fully saturated rings. The normalized spacial score (nSPS) is 11.5. The first-order valence-corrected chi connectivity index (χ1v) is 17.5. The topological polar surface area (TPSA) is 120 Å². The van der Waals surface area contributed by atoms with Crippen molar-refractivity contribution in [3.05, 3.63) is 0 Å². The fraction of sp³-hybridized carbons (Fsp3) is 0.912. The molecule has 8 heteroatoms. The number of nitrogens with zero attached hydrogens (tertiary/aromatic N) is 1. The monoisotopic (exact) mass is 617 g/mol. The van der Waals surface area contributed by atoms with Crippen LogP contribution in [0.15, 0.2) is 4.99 Å². The molecule has 0 aromatic rings. The van der Waals surface area contributed by atoms with E-state index >= 15 is 0 Å². The highest BCUT2D eigenvalue weighted by molar-refractivity contribution is 5.85. The summed E-state index contributed by atoms with van der Waals surface area (Å²) in [5, 5.41) is 2.89. The third kappa shape index (κ3) is 31.4. The van der Waals surface area contributed by atoms with Gasteiger partial charge in [-0.3, -0.25) is 9.79 Å². The summed E-state index contributed by atoms with van der Waals surface area (Å²) in [6.45, 7) is 5.26. The number of hydrogen-bond acceptors (Lipinski definition) is 4. The van der Waals surface area contributed by atoms with E-state index < -0.39 is 6.04 Å². The second-order valence-electron chi connectivity index (χ2n) is 11.9. The molecule has 0 aromatic carbocycles. The molecule has 0 unspecified atom stereocenters. The van der Waals surface area contributed by atoms with Gasteiger partial charge in [0.1, 0.15) is 6.04 Å². The third-order valence-electron chi connectivity index (χ3n) is 7.81. The summed E-state index contributed by atoms with van der Waals surface area (Å²) >= 11 is 0. The van der Waals surface area contributed by atoms with Crippen molar-refractivity contribution in [2.45, 2.75) is 187 Å². The van der Waals surface area contributed by atoms with Crippen LogP contribution < -0.4 is 16.8 Å². The number of amides is 1. The molecule has 0 rings (SSSR count). The number of esters is 1. The summed E-state index contributed by atoms with van der Waals surface area (Å²) in [6, 6.07) is -0.636. The molecular weight excluding hydrogens is 548 g/mol. The molecule has 1 atom stereocenters. The number of carbonyl (C=O) groups is 2. The number of unbranched alkanes of at least 4 members (excludes halogenated alkanes) is 21. The van der Waals surface area contributed by atoms with Gasteiger partial charge in [0, 0.05) is 13.0 Å². The molecule has 0 saturated carbocycles. The minimum atomic E-state index is -0.636. The Hall–Kier alpha value is -1.50. The zero-order valence-electron chi connectivity index (χ0n) is 27.6. The Balaban J connectivity index is 0. The number of hydrogen-bond donors (Lipinski definition) is 3. The van der Waals surface area contributed by atoms with E-state index in [1.54, 1.807) is 0 Å². The van der Waals surface area contributed by atoms with Crippen molar-refractivity contribution in [1.29, 1.82) is 0 Å². The summed E-state index contributed by atoms with van der Waals surface area (Å²) in [4.78, 5) is 29.0. The lowest BCUT2D eigenvalue weighted by molar-refractivity contribution is -0.148. The van der Waals surface area contributed by atoms with E-state index in [0.717, 1.165) is 38.5 Å². The van der Waals surface area contributed by atoms with Gasteiger partial charge in [-0.05, 0) is 25.7 Å². The van der Waals surface area contributed by atoms with E-state index in [-0.39, 0.29) is 30.2 Å². The fourth-order valence-corrected chi connectivity index (χ4v) is 5.19. The zero-order valence-corrected chi connectivity index (χ0v) is 28.4. The van der Waals surface area contributed by atoms with Gasteiger partial charge in [-0.15, -0.1) is 12.4 Å². The number of nitrogens with two attached hydrogens (primary N) is 2. The van der Waals surface area contributed by atoms with Crippen LogP contribution in [-0.2, 0) is 14.3 Å². The third-order valence-corrected chi connectivity index (χ3v) is 7.81. The van der Waals surface area contributed by atoms with Crippen molar-refractivity contribution in [3.63, 3.8) is 0 Å². The number of halogens is 1. The van der Waals surface area contributed by atoms with E-state index in [1.807, 2.05) is 0 Å². The molecule has 5 N–H and O–H groups in total. The maximum atomic E-state index is 12.6. The van der Waals surface area contributed by atoms with Gasteiger partial charge in [0.05, 0.1) is 6.61 Å². The summed E-state index contributed by atoms with van der Waals surface area (Å²) in [5.74, 6) is -0.395. The van der Waals surface area contributed by atoms with Crippen LogP contribution in [0.25, 0.3) is 0 Å². The van der Waals surface area contributed by atoms with Crippen molar-refractivity contribution in [2.75, 3.05) is 13.2 Å². The molecule has 42 heavy (non-hydrogen) atoms. The zero-order chi connectivity index (χ0) is 30.2. The van der Waals surface area contributed by atoms with E-state index in [9.17, 15) is 9.59 Å². The number of rotatable bonds is 31. The van der Waals surface area contributed by atoms with E-state index in [4.69, 9.17) is 16.2 Å². The van der Waals surface area contributed by atoms with Crippen LogP contribution >= 0.6 is 12.4 Å². The molecule has 0 aliphatic heterocycles. The Morgan fingerprint density at radius 3 is 1.45 bits per heavy atom. The second-order valence-corrected chi connectivity index (χ2v) is 11.9. The van der Waals surface area contributed by atoms with Crippen LogP contribution in [-0.4, -0.2) is 37.0 Å². The predicted octanol–water partition coefficient (Wildman–Crippen LogP) is 8.89. The van der Waals surface area contributed by atoms with Gasteiger partial charge in [-0.1, -0.05) is 149 Å². The van der Waals surface area contributed by atoms with Gasteiger partial charge in [0.15, 0.2) is 5.96 Å². The van der Waals surface area contributed by atoms with Crippen molar-refractivity contribution < 1.29 is 14.3 Å². The number of carbonyl (C=O) groups excluding carboxylic acids is 2. The predicted molar refractivity (Wildman–Crippen MR) is 182 cm³/mol. The second kappa shape index (κ2) is 34.0. The Kier molecular flexibility index (Phi) is 34.5. The Labute approximate surface area is 265 Å². The summed E-state index contributed by atoms with van der Waals surface area (Å²) in [5.41, 5.74) is 10.8. The maximum absolute atomic E-state index is 12.6. The maximum Gasteiger partial charge on any atom is 0.328 e. The van der Waals surface area contributed by atoms with Crippen LogP contribution in [0, 0.1) is 0 Å². The Morgan fingerprint density at radius 1 is 0.619 bits per heavy atom. The van der Waals surface area contributed by atoms with Gasteiger partial charge in [-0.25, -0.2) is 4.79 Å². The molecule has 1 amide bonds. The van der Waals surface area contributed by atoms with Crippen LogP contribution in [0.1, 0.15) is 181 Å². The van der Waals surface area contributed by atoms with Crippen LogP contribution in [0.3, 0.4) is 0 Å². The summed E-state index contributed by atoms with van der Waals surface area (Å²) in [6.07, 6.45) is 31.0. The van der Waals surface area contributed by atoms with Crippen LogP contribution in [0.5, 0.6) is 0 Å². The molecular formula is C34H69ClN4O3. The number of aliphatic imine (C=N–C) groups is 1. The Bertz CT molecular complexity index is 630. The molecule has 7 nitrogen and oxygen atoms in total. The number of nitrogens with one attached hydrogen (secondary N) is 1. The largest absolute Gasteiger partial charge is 0.464 e. The molecule has 0 spiro atoms. The molecule has 250 valence electrons. The van der Waals surface area contributed by atoms with Crippen molar-refractivity contribution in [3.8, 4) is 0 Å². The quantitative estimate of drug-likeness (QED) is 0.0311. The minimum absolute atomic E-state index is 0. The van der Waals surface area contributed by atoms with E-state index in [2.05, 4.69) is 24.2 Å². The van der Waals surface area contributed by atoms with Crippen molar-refractivity contribution in [1.82, 2.24) is 5.32 Å². The Morgan fingerprint density at radius 2 is 1.02 bits per heavy atom. The lowest BCUT2D eigenvalue weighted by Gasteiger charge is -2.17. The van der Waals surface area contributed by atoms with Gasteiger partial charge in [0.25, 0.3) is 0 Å². The van der Waals surface area contributed by atoms with Crippen LogP contribution in [0.2, 0.25) is 0 Å². The number of ether oxygens (including phenoxy) is 1. The lowest BCUT2D eigenvalue weighted by Crippen LogP contribution is -2.42. The van der Waals surface area contributed by atoms with Crippen LogP contribution in [0.4, 0.5) is 0 Å². The van der Waals surface area contributed by atoms with Crippen molar-refractivity contribution in [2.24, 2.45) is 16.5 Å². The molecule has 0 radical (unpaired) electrons. The summed E-state index contributed by atoms with van der Waals surface area (Å²) < 4.78 is 5.44. The van der Waals surface area contributed by atoms with Crippen molar-refractivity contribution >= 4 is 30.2 Å². The highest BCUT2D eigenvalue weighted by Crippen LogP contribution is 2.15. The van der Waals surface area contributed by atoms with Gasteiger partial charge < -0.3 is 21.5 Å². The van der Waals surface area contributed by atoms with E-state index in [0.29, 0.717) is 32.4 Å². The lowest BCUT2D eigenvalue weighted by atomic mass is 10.0. The molecule has 0 bridgehead atoms. The smallest absolute Gasteiger partial charge is 0.328 e. The first kappa shape index (κ1) is 42.6. The highest BCUT2D eigenvalue weighted by Gasteiger charge is 2.21. The molecule has 0 aromatic heterocycles. The van der Waals surface area contributed by atoms with E-state index in [1.165, 1.54) is 109 Å². The van der Waals surface area contributed by atoms with Gasteiger partial charge in [0.2, 0.25) is 5.91 Å². The molecule has 0 saturated heterocycles. The average Bonchev–Trinajstić information content (AvgIpc) is 2.95. The standard InChI is InChI=1S/C34H68N4O3.ClH/c1-3-5-7-9-10-11-12-13-14-15-16-17-18-19-20-21-22-23-24-28-32(39)38-31(27-26-29-37-34(35)36)33(40)41-30-25-8-6-4-2;/h31H,3-30H2,1-2H3,(H,38,39)(H4,35,36,37);1H/t31-;/m0./s1. The highest BCUT2D eigenvalue weighted by atomic mass is 35.5.